The van der Waals surface area contributed by atoms with Crippen LogP contribution < -0.4 is 4.74 Å². The maximum atomic E-state index is 13.3. The van der Waals surface area contributed by atoms with Crippen LogP contribution in [0.3, 0.4) is 0 Å². The van der Waals surface area contributed by atoms with Crippen LogP contribution in [-0.4, -0.2) is 40.8 Å². The lowest BCUT2D eigenvalue weighted by molar-refractivity contribution is 0.0126. The van der Waals surface area contributed by atoms with E-state index in [0.29, 0.717) is 30.1 Å². The van der Waals surface area contributed by atoms with Gasteiger partial charge in [0.15, 0.2) is 5.58 Å². The second kappa shape index (κ2) is 7.97. The zero-order valence-corrected chi connectivity index (χ0v) is 17.4. The van der Waals surface area contributed by atoms with Crippen LogP contribution >= 0.6 is 0 Å². The molecule has 158 valence electrons. The van der Waals surface area contributed by atoms with Crippen LogP contribution in [-0.2, 0) is 4.74 Å². The van der Waals surface area contributed by atoms with Gasteiger partial charge in [-0.3, -0.25) is 0 Å². The maximum Gasteiger partial charge on any atom is 0.410 e. The summed E-state index contributed by atoms with van der Waals surface area (Å²) in [6.07, 6.45) is 1.26. The van der Waals surface area contributed by atoms with Gasteiger partial charge >= 0.3 is 6.09 Å². The molecule has 0 bridgehead atoms. The Balaban J connectivity index is 1.34. The van der Waals surface area contributed by atoms with E-state index in [4.69, 9.17) is 13.9 Å². The molecule has 0 aliphatic carbocycles. The second-order valence-electron chi connectivity index (χ2n) is 8.44. The van der Waals surface area contributed by atoms with Crippen molar-refractivity contribution in [2.24, 2.45) is 0 Å². The lowest BCUT2D eigenvalue weighted by atomic mass is 10.1. The Morgan fingerprint density at radius 2 is 1.83 bits per heavy atom. The molecule has 1 fully saturated rings. The number of aromatic nitrogens is 1. The number of hydrogen-bond acceptors (Lipinski definition) is 5. The summed E-state index contributed by atoms with van der Waals surface area (Å²) in [5.41, 5.74) is 1.33. The molecule has 1 aliphatic heterocycles. The largest absolute Gasteiger partial charge is 0.490 e. The number of nitrogens with zero attached hydrogens (tertiary/aromatic N) is 2. The predicted octanol–water partition coefficient (Wildman–Crippen LogP) is 5.41. The molecule has 1 amide bonds. The molecule has 1 saturated heterocycles. The van der Waals surface area contributed by atoms with Crippen molar-refractivity contribution in [2.75, 3.05) is 13.1 Å². The van der Waals surface area contributed by atoms with Gasteiger partial charge in [-0.1, -0.05) is 0 Å². The third-order valence-electron chi connectivity index (χ3n) is 4.85. The van der Waals surface area contributed by atoms with Gasteiger partial charge in [0.05, 0.1) is 0 Å². The summed E-state index contributed by atoms with van der Waals surface area (Å²) in [5.74, 6) is 0.841. The number of fused-ring (bicyclic) bond motifs is 1. The molecule has 1 aliphatic rings. The Bertz CT molecular complexity index is 1030. The van der Waals surface area contributed by atoms with Gasteiger partial charge in [0.2, 0.25) is 5.89 Å². The van der Waals surface area contributed by atoms with Crippen molar-refractivity contribution in [3.05, 3.63) is 48.3 Å². The Kier molecular flexibility index (Phi) is 5.37. The minimum atomic E-state index is -0.491. The standard InChI is InChI=1S/C23H25FN2O4/c1-23(2,3)30-22(27)26-12-10-18(11-13-26)28-17-7-4-15(5-8-17)21-25-19-14-16(24)6-9-20(19)29-21/h4-9,14,18H,10-13H2,1-3H3. The molecule has 0 N–H and O–H groups in total. The number of piperidine rings is 1. The summed E-state index contributed by atoms with van der Waals surface area (Å²) in [7, 11) is 0. The van der Waals surface area contributed by atoms with Crippen LogP contribution in [0.15, 0.2) is 46.9 Å². The number of carbonyl (C=O) groups is 1. The summed E-state index contributed by atoms with van der Waals surface area (Å²) in [5, 5.41) is 0. The average Bonchev–Trinajstić information content (AvgIpc) is 3.11. The molecular weight excluding hydrogens is 387 g/mol. The highest BCUT2D eigenvalue weighted by atomic mass is 19.1. The molecule has 0 saturated carbocycles. The summed E-state index contributed by atoms with van der Waals surface area (Å²) < 4.78 is 30.5. The quantitative estimate of drug-likeness (QED) is 0.575. The number of halogens is 1. The minimum absolute atomic E-state index is 0.0434. The van der Waals surface area contributed by atoms with E-state index >= 15 is 0 Å². The Hall–Kier alpha value is -3.09. The van der Waals surface area contributed by atoms with E-state index in [0.717, 1.165) is 24.2 Å². The van der Waals surface area contributed by atoms with Crippen LogP contribution in [0.2, 0.25) is 0 Å². The number of carbonyl (C=O) groups excluding carboxylic acids is 1. The first-order valence-electron chi connectivity index (χ1n) is 10.1. The normalized spacial score (nSPS) is 15.4. The van der Waals surface area contributed by atoms with E-state index in [1.807, 2.05) is 45.0 Å². The van der Waals surface area contributed by atoms with Crippen LogP contribution in [0.5, 0.6) is 5.75 Å². The van der Waals surface area contributed by atoms with E-state index in [2.05, 4.69) is 4.98 Å². The molecule has 4 rings (SSSR count). The highest BCUT2D eigenvalue weighted by Gasteiger charge is 2.27. The molecule has 3 aromatic rings. The van der Waals surface area contributed by atoms with Crippen molar-refractivity contribution in [1.29, 1.82) is 0 Å². The smallest absolute Gasteiger partial charge is 0.410 e. The summed E-state index contributed by atoms with van der Waals surface area (Å²) in [6, 6.07) is 11.7. The molecule has 2 aromatic carbocycles. The predicted molar refractivity (Wildman–Crippen MR) is 111 cm³/mol. The van der Waals surface area contributed by atoms with Gasteiger partial charge in [0.25, 0.3) is 0 Å². The summed E-state index contributed by atoms with van der Waals surface area (Å²) in [6.45, 7) is 6.81. The third-order valence-corrected chi connectivity index (χ3v) is 4.85. The molecule has 0 atom stereocenters. The average molecular weight is 412 g/mol. The molecule has 30 heavy (non-hydrogen) atoms. The molecule has 2 heterocycles. The molecule has 0 radical (unpaired) electrons. The van der Waals surface area contributed by atoms with Gasteiger partial charge in [-0.15, -0.1) is 0 Å². The van der Waals surface area contributed by atoms with E-state index < -0.39 is 5.60 Å². The van der Waals surface area contributed by atoms with E-state index in [-0.39, 0.29) is 18.0 Å². The van der Waals surface area contributed by atoms with E-state index in [1.165, 1.54) is 12.1 Å². The van der Waals surface area contributed by atoms with Gasteiger partial charge in [0.1, 0.15) is 28.8 Å². The number of likely N-dealkylation sites (tertiary alicyclic amines) is 1. The fraction of sp³-hybridized carbons (Fsp3) is 0.391. The molecular formula is C23H25FN2O4. The lowest BCUT2D eigenvalue weighted by Gasteiger charge is -2.33. The maximum absolute atomic E-state index is 13.3. The van der Waals surface area contributed by atoms with Crippen molar-refractivity contribution >= 4 is 17.2 Å². The molecule has 0 unspecified atom stereocenters. The molecule has 1 aromatic heterocycles. The molecule has 6 nitrogen and oxygen atoms in total. The second-order valence-corrected chi connectivity index (χ2v) is 8.44. The Labute approximate surface area is 174 Å². The van der Waals surface area contributed by atoms with Crippen molar-refractivity contribution in [3.63, 3.8) is 0 Å². The molecule has 0 spiro atoms. The Morgan fingerprint density at radius 3 is 2.50 bits per heavy atom. The van der Waals surface area contributed by atoms with Gasteiger partial charge < -0.3 is 18.8 Å². The van der Waals surface area contributed by atoms with Gasteiger partial charge in [-0.05, 0) is 57.2 Å². The number of rotatable bonds is 3. The highest BCUT2D eigenvalue weighted by Crippen LogP contribution is 2.27. The number of hydrogen-bond donors (Lipinski definition) is 0. The first-order valence-corrected chi connectivity index (χ1v) is 10.1. The van der Waals surface area contributed by atoms with E-state index in [9.17, 15) is 9.18 Å². The van der Waals surface area contributed by atoms with Gasteiger partial charge in [-0.25, -0.2) is 14.2 Å². The van der Waals surface area contributed by atoms with Gasteiger partial charge in [-0.2, -0.15) is 0 Å². The third kappa shape index (κ3) is 4.72. The van der Waals surface area contributed by atoms with Crippen LogP contribution in [0, 0.1) is 5.82 Å². The monoisotopic (exact) mass is 412 g/mol. The molecule has 7 heteroatoms. The number of ether oxygens (including phenoxy) is 2. The zero-order valence-electron chi connectivity index (χ0n) is 17.4. The SMILES string of the molecule is CC(C)(C)OC(=O)N1CCC(Oc2ccc(-c3nc4cc(F)ccc4o3)cc2)CC1. The fourth-order valence-electron chi connectivity index (χ4n) is 3.38. The lowest BCUT2D eigenvalue weighted by Crippen LogP contribution is -2.44. The first-order chi connectivity index (χ1) is 14.3. The number of benzene rings is 2. The Morgan fingerprint density at radius 1 is 1.13 bits per heavy atom. The van der Waals surface area contributed by atoms with Crippen molar-refractivity contribution < 1.29 is 23.1 Å². The van der Waals surface area contributed by atoms with Crippen LogP contribution in [0.4, 0.5) is 9.18 Å². The topological polar surface area (TPSA) is 64.8 Å². The zero-order chi connectivity index (χ0) is 21.3. The van der Waals surface area contributed by atoms with E-state index in [1.54, 1.807) is 11.0 Å². The van der Waals surface area contributed by atoms with Crippen molar-refractivity contribution in [1.82, 2.24) is 9.88 Å². The van der Waals surface area contributed by atoms with Crippen molar-refractivity contribution in [2.45, 2.75) is 45.3 Å². The number of oxazole rings is 1. The van der Waals surface area contributed by atoms with Crippen LogP contribution in [0.25, 0.3) is 22.6 Å². The van der Waals surface area contributed by atoms with Gasteiger partial charge in [0, 0.05) is 37.6 Å². The summed E-state index contributed by atoms with van der Waals surface area (Å²) in [4.78, 5) is 18.2. The van der Waals surface area contributed by atoms with Crippen molar-refractivity contribution in [3.8, 4) is 17.2 Å². The fourth-order valence-corrected chi connectivity index (χ4v) is 3.38. The van der Waals surface area contributed by atoms with Crippen LogP contribution in [0.1, 0.15) is 33.6 Å². The number of amides is 1. The first kappa shape index (κ1) is 20.2. The minimum Gasteiger partial charge on any atom is -0.490 e. The highest BCUT2D eigenvalue weighted by molar-refractivity contribution is 5.76. The summed E-state index contributed by atoms with van der Waals surface area (Å²) >= 11 is 0.